The lowest BCUT2D eigenvalue weighted by Crippen LogP contribution is -1.99. The van der Waals surface area contributed by atoms with Crippen LogP contribution in [0.25, 0.3) is 32.9 Å². The van der Waals surface area contributed by atoms with Gasteiger partial charge in [-0.2, -0.15) is 0 Å². The third-order valence-electron chi connectivity index (χ3n) is 3.43. The maximum Gasteiger partial charge on any atom is 0.323 e. The largest absolute Gasteiger partial charge is 0.508 e. The molecule has 0 fully saturated rings. The Morgan fingerprint density at radius 3 is 2.50 bits per heavy atom. The van der Waals surface area contributed by atoms with Crippen molar-refractivity contribution in [3.63, 3.8) is 0 Å². The highest BCUT2D eigenvalue weighted by molar-refractivity contribution is 7.13. The highest BCUT2D eigenvalue weighted by Gasteiger charge is 2.08. The normalized spacial score (nSPS) is 11.1. The molecule has 0 aliphatic carbocycles. The van der Waals surface area contributed by atoms with E-state index in [9.17, 15) is 9.90 Å². The lowest BCUT2D eigenvalue weighted by Gasteiger charge is -1.98. The van der Waals surface area contributed by atoms with Crippen molar-refractivity contribution < 1.29 is 5.11 Å². The van der Waals surface area contributed by atoms with E-state index in [0.29, 0.717) is 0 Å². The first-order chi connectivity index (χ1) is 10.7. The van der Waals surface area contributed by atoms with E-state index >= 15 is 0 Å². The molecule has 5 nitrogen and oxygen atoms in total. The Morgan fingerprint density at radius 2 is 1.68 bits per heavy atom. The molecule has 0 aliphatic rings. The van der Waals surface area contributed by atoms with Gasteiger partial charge >= 0.3 is 5.69 Å². The van der Waals surface area contributed by atoms with Crippen LogP contribution in [-0.4, -0.2) is 20.1 Å². The molecule has 0 spiro atoms. The number of hydrogen-bond acceptors (Lipinski definition) is 4. The Bertz CT molecular complexity index is 1010. The molecule has 3 N–H and O–H groups in total. The van der Waals surface area contributed by atoms with Crippen LogP contribution in [0.4, 0.5) is 0 Å². The van der Waals surface area contributed by atoms with Crippen LogP contribution in [0.2, 0.25) is 0 Å². The van der Waals surface area contributed by atoms with Gasteiger partial charge in [-0.15, -0.1) is 11.3 Å². The van der Waals surface area contributed by atoms with Crippen LogP contribution in [0.1, 0.15) is 0 Å². The van der Waals surface area contributed by atoms with Crippen LogP contribution in [0.3, 0.4) is 0 Å². The second kappa shape index (κ2) is 4.85. The van der Waals surface area contributed by atoms with Gasteiger partial charge in [0, 0.05) is 16.5 Å². The number of rotatable bonds is 2. The van der Waals surface area contributed by atoms with Crippen LogP contribution in [0.15, 0.2) is 52.6 Å². The van der Waals surface area contributed by atoms with Crippen molar-refractivity contribution in [2.75, 3.05) is 0 Å². The molecule has 2 heterocycles. The van der Waals surface area contributed by atoms with E-state index < -0.39 is 0 Å². The Kier molecular flexibility index (Phi) is 2.83. The van der Waals surface area contributed by atoms with Crippen LogP contribution in [0, 0.1) is 0 Å². The summed E-state index contributed by atoms with van der Waals surface area (Å²) in [5, 5.41) is 12.2. The van der Waals surface area contributed by atoms with Gasteiger partial charge in [-0.05, 0) is 36.4 Å². The minimum absolute atomic E-state index is 0.213. The summed E-state index contributed by atoms with van der Waals surface area (Å²) in [5.41, 5.74) is 4.10. The van der Waals surface area contributed by atoms with Crippen molar-refractivity contribution >= 4 is 22.4 Å². The van der Waals surface area contributed by atoms with Gasteiger partial charge in [0.15, 0.2) is 0 Å². The Balaban J connectivity index is 1.75. The number of fused-ring (bicyclic) bond motifs is 1. The molecular weight excluding hydrogens is 298 g/mol. The molecule has 0 saturated carbocycles. The maximum absolute atomic E-state index is 11.3. The van der Waals surface area contributed by atoms with E-state index in [0.717, 1.165) is 32.9 Å². The number of aromatic nitrogens is 3. The average Bonchev–Trinajstić information content (AvgIpc) is 3.12. The second-order valence-corrected chi connectivity index (χ2v) is 5.78. The lowest BCUT2D eigenvalue weighted by atomic mass is 10.1. The molecule has 2 aromatic heterocycles. The zero-order valence-electron chi connectivity index (χ0n) is 11.3. The number of aromatic amines is 2. The van der Waals surface area contributed by atoms with Crippen molar-refractivity contribution in [3.05, 3.63) is 58.3 Å². The highest BCUT2D eigenvalue weighted by Crippen LogP contribution is 2.30. The number of aromatic hydroxyl groups is 1. The summed E-state index contributed by atoms with van der Waals surface area (Å²) in [7, 11) is 0. The topological polar surface area (TPSA) is 81.8 Å². The van der Waals surface area contributed by atoms with Gasteiger partial charge in [-0.1, -0.05) is 6.07 Å². The SMILES string of the molecule is O=c1[nH]c2ccc(-c3csc(-c4ccc(O)cc4)n3)cc2[nH]1. The number of H-pyrrole nitrogens is 2. The smallest absolute Gasteiger partial charge is 0.323 e. The van der Waals surface area contributed by atoms with E-state index in [4.69, 9.17) is 0 Å². The summed E-state index contributed by atoms with van der Waals surface area (Å²) in [6, 6.07) is 12.7. The molecule has 22 heavy (non-hydrogen) atoms. The number of nitrogens with one attached hydrogen (secondary N) is 2. The highest BCUT2D eigenvalue weighted by atomic mass is 32.1. The second-order valence-electron chi connectivity index (χ2n) is 4.92. The van der Waals surface area contributed by atoms with Crippen LogP contribution in [-0.2, 0) is 0 Å². The lowest BCUT2D eigenvalue weighted by molar-refractivity contribution is 0.475. The van der Waals surface area contributed by atoms with E-state index in [2.05, 4.69) is 15.0 Å². The summed E-state index contributed by atoms with van der Waals surface area (Å²) < 4.78 is 0. The monoisotopic (exact) mass is 309 g/mol. The van der Waals surface area contributed by atoms with Crippen LogP contribution < -0.4 is 5.69 Å². The van der Waals surface area contributed by atoms with Gasteiger partial charge in [-0.25, -0.2) is 9.78 Å². The first kappa shape index (κ1) is 12.8. The average molecular weight is 309 g/mol. The molecule has 0 atom stereocenters. The van der Waals surface area contributed by atoms with E-state index in [-0.39, 0.29) is 11.4 Å². The maximum atomic E-state index is 11.3. The van der Waals surface area contributed by atoms with Crippen molar-refractivity contribution in [2.45, 2.75) is 0 Å². The van der Waals surface area contributed by atoms with Crippen molar-refractivity contribution in [2.24, 2.45) is 0 Å². The molecule has 0 saturated heterocycles. The number of hydrogen-bond donors (Lipinski definition) is 3. The molecule has 0 radical (unpaired) electrons. The van der Waals surface area contributed by atoms with Gasteiger partial charge in [0.2, 0.25) is 0 Å². The van der Waals surface area contributed by atoms with Crippen LogP contribution >= 0.6 is 11.3 Å². The fourth-order valence-electron chi connectivity index (χ4n) is 2.33. The van der Waals surface area contributed by atoms with Gasteiger partial charge in [-0.3, -0.25) is 0 Å². The first-order valence-corrected chi connectivity index (χ1v) is 7.54. The number of phenolic OH excluding ortho intramolecular Hbond substituents is 1. The van der Waals surface area contributed by atoms with E-state index in [1.165, 1.54) is 0 Å². The quantitative estimate of drug-likeness (QED) is 0.531. The predicted molar refractivity (Wildman–Crippen MR) is 87.1 cm³/mol. The van der Waals surface area contributed by atoms with Gasteiger partial charge < -0.3 is 15.1 Å². The van der Waals surface area contributed by atoms with Gasteiger partial charge in [0.1, 0.15) is 10.8 Å². The molecule has 2 aromatic carbocycles. The van der Waals surface area contributed by atoms with Crippen LogP contribution in [0.5, 0.6) is 5.75 Å². The summed E-state index contributed by atoms with van der Waals surface area (Å²) in [6.07, 6.45) is 0. The Hall–Kier alpha value is -2.86. The number of imidazole rings is 1. The summed E-state index contributed by atoms with van der Waals surface area (Å²) >= 11 is 1.54. The van der Waals surface area contributed by atoms with Crippen molar-refractivity contribution in [3.8, 4) is 27.6 Å². The van der Waals surface area contributed by atoms with E-state index in [1.54, 1.807) is 23.5 Å². The Morgan fingerprint density at radius 1 is 0.955 bits per heavy atom. The zero-order chi connectivity index (χ0) is 15.1. The minimum Gasteiger partial charge on any atom is -0.508 e. The van der Waals surface area contributed by atoms with Gasteiger partial charge in [0.05, 0.1) is 16.7 Å². The summed E-state index contributed by atoms with van der Waals surface area (Å²) in [5.74, 6) is 0.238. The molecule has 0 bridgehead atoms. The van der Waals surface area contributed by atoms with E-state index in [1.807, 2.05) is 35.7 Å². The molecule has 108 valence electrons. The molecular formula is C16H11N3O2S. The number of thiazole rings is 1. The molecule has 0 amide bonds. The fraction of sp³-hybridized carbons (Fsp3) is 0. The molecule has 6 heteroatoms. The molecule has 0 aliphatic heterocycles. The summed E-state index contributed by atoms with van der Waals surface area (Å²) in [4.78, 5) is 21.4. The first-order valence-electron chi connectivity index (χ1n) is 6.66. The zero-order valence-corrected chi connectivity index (χ0v) is 12.1. The Labute approximate surface area is 128 Å². The molecule has 4 aromatic rings. The molecule has 0 unspecified atom stereocenters. The number of benzene rings is 2. The van der Waals surface area contributed by atoms with Gasteiger partial charge in [0.25, 0.3) is 0 Å². The third kappa shape index (κ3) is 2.19. The predicted octanol–water partition coefficient (Wildman–Crippen LogP) is 3.35. The van der Waals surface area contributed by atoms with Crippen molar-refractivity contribution in [1.82, 2.24) is 15.0 Å². The summed E-state index contributed by atoms with van der Waals surface area (Å²) in [6.45, 7) is 0. The number of nitrogens with zero attached hydrogens (tertiary/aromatic N) is 1. The molecule has 4 rings (SSSR count). The standard InChI is InChI=1S/C16H11N3O2S/c20-11-4-1-9(2-5-11)15-17-14(8-22-15)10-3-6-12-13(7-10)19-16(21)18-12/h1-8,20H,(H2,18,19,21). The fourth-order valence-corrected chi connectivity index (χ4v) is 3.17. The third-order valence-corrected chi connectivity index (χ3v) is 4.32. The number of phenols is 1. The van der Waals surface area contributed by atoms with Crippen molar-refractivity contribution in [1.29, 1.82) is 0 Å². The minimum atomic E-state index is -0.213.